The molecule has 1 aromatic carbocycles. The van der Waals surface area contributed by atoms with Crippen molar-refractivity contribution in [1.29, 1.82) is 0 Å². The number of aryl methyl sites for hydroxylation is 2. The Kier molecular flexibility index (Phi) is 3.55. The zero-order valence-corrected chi connectivity index (χ0v) is 11.3. The highest BCUT2D eigenvalue weighted by molar-refractivity contribution is 5.97. The summed E-state index contributed by atoms with van der Waals surface area (Å²) in [4.78, 5) is 12.2. The van der Waals surface area contributed by atoms with Crippen LogP contribution in [0.25, 0.3) is 0 Å². The molecule has 2 aromatic rings. The Morgan fingerprint density at radius 1 is 1.37 bits per heavy atom. The molecule has 5 nitrogen and oxygen atoms in total. The van der Waals surface area contributed by atoms with Crippen molar-refractivity contribution in [3.05, 3.63) is 41.6 Å². The number of hydrogen-bond acceptors (Lipinski definition) is 3. The lowest BCUT2D eigenvalue weighted by molar-refractivity contribution is -0.117. The fourth-order valence-corrected chi connectivity index (χ4v) is 1.94. The van der Waals surface area contributed by atoms with Crippen molar-refractivity contribution in [2.24, 2.45) is 7.05 Å². The number of carbonyl (C=O) groups excluding carboxylic acids is 1. The Morgan fingerprint density at radius 2 is 2.00 bits per heavy atom. The van der Waals surface area contributed by atoms with Gasteiger partial charge in [-0.1, -0.05) is 30.3 Å². The van der Waals surface area contributed by atoms with E-state index in [2.05, 4.69) is 10.4 Å². The molecular formula is C14H18N4O. The maximum Gasteiger partial charge on any atom is 0.232 e. The van der Waals surface area contributed by atoms with E-state index >= 15 is 0 Å². The summed E-state index contributed by atoms with van der Waals surface area (Å²) >= 11 is 0. The lowest BCUT2D eigenvalue weighted by Gasteiger charge is -2.13. The van der Waals surface area contributed by atoms with E-state index in [1.165, 1.54) is 0 Å². The van der Waals surface area contributed by atoms with E-state index in [1.807, 2.05) is 44.2 Å². The molecule has 0 radical (unpaired) electrons. The predicted octanol–water partition coefficient (Wildman–Crippen LogP) is 2.05. The zero-order valence-electron chi connectivity index (χ0n) is 11.3. The summed E-state index contributed by atoms with van der Waals surface area (Å²) in [5.41, 5.74) is 8.09. The number of rotatable bonds is 3. The number of nitrogen functional groups attached to an aromatic ring is 1. The molecule has 1 unspecified atom stereocenters. The van der Waals surface area contributed by atoms with E-state index in [0.29, 0.717) is 17.2 Å². The molecule has 2 rings (SSSR count). The van der Waals surface area contributed by atoms with Crippen LogP contribution in [0.5, 0.6) is 0 Å². The molecule has 0 fully saturated rings. The Bertz CT molecular complexity index is 589. The minimum Gasteiger partial charge on any atom is -0.394 e. The summed E-state index contributed by atoms with van der Waals surface area (Å²) in [6.07, 6.45) is 0. The third-order valence-electron chi connectivity index (χ3n) is 3.20. The molecule has 5 heteroatoms. The van der Waals surface area contributed by atoms with Gasteiger partial charge in [0.15, 0.2) is 5.82 Å². The molecule has 0 aliphatic heterocycles. The topological polar surface area (TPSA) is 72.9 Å². The fraction of sp³-hybridized carbons (Fsp3) is 0.286. The zero-order chi connectivity index (χ0) is 14.0. The fourth-order valence-electron chi connectivity index (χ4n) is 1.94. The van der Waals surface area contributed by atoms with Gasteiger partial charge in [-0.2, -0.15) is 5.10 Å². The summed E-state index contributed by atoms with van der Waals surface area (Å²) in [6.45, 7) is 3.68. The molecular weight excluding hydrogens is 240 g/mol. The van der Waals surface area contributed by atoms with Crippen molar-refractivity contribution >= 4 is 17.4 Å². The van der Waals surface area contributed by atoms with Crippen molar-refractivity contribution in [3.8, 4) is 0 Å². The molecule has 19 heavy (non-hydrogen) atoms. The van der Waals surface area contributed by atoms with Gasteiger partial charge in [0.2, 0.25) is 5.91 Å². The molecule has 0 saturated heterocycles. The third-order valence-corrected chi connectivity index (χ3v) is 3.20. The predicted molar refractivity (Wildman–Crippen MR) is 75.8 cm³/mol. The summed E-state index contributed by atoms with van der Waals surface area (Å²) in [7, 11) is 1.76. The SMILES string of the molecule is Cc1nn(C)c(NC(=O)C(C)c2ccccc2)c1N. The van der Waals surface area contributed by atoms with Crippen LogP contribution in [-0.4, -0.2) is 15.7 Å². The molecule has 1 atom stereocenters. The van der Waals surface area contributed by atoms with Gasteiger partial charge in [-0.05, 0) is 19.4 Å². The number of nitrogens with one attached hydrogen (secondary N) is 1. The second-order valence-electron chi connectivity index (χ2n) is 4.59. The first-order valence-corrected chi connectivity index (χ1v) is 6.15. The highest BCUT2D eigenvalue weighted by atomic mass is 16.2. The van der Waals surface area contributed by atoms with Gasteiger partial charge in [-0.3, -0.25) is 9.48 Å². The van der Waals surface area contributed by atoms with Crippen molar-refractivity contribution in [2.75, 3.05) is 11.1 Å². The lowest BCUT2D eigenvalue weighted by Crippen LogP contribution is -2.21. The number of aromatic nitrogens is 2. The van der Waals surface area contributed by atoms with Gasteiger partial charge < -0.3 is 11.1 Å². The van der Waals surface area contributed by atoms with E-state index in [1.54, 1.807) is 11.7 Å². The molecule has 100 valence electrons. The number of benzene rings is 1. The minimum absolute atomic E-state index is 0.0964. The first kappa shape index (κ1) is 13.1. The van der Waals surface area contributed by atoms with Gasteiger partial charge in [0.1, 0.15) is 0 Å². The van der Waals surface area contributed by atoms with Gasteiger partial charge in [-0.25, -0.2) is 0 Å². The average Bonchev–Trinajstić information content (AvgIpc) is 2.65. The van der Waals surface area contributed by atoms with Crippen molar-refractivity contribution < 1.29 is 4.79 Å². The van der Waals surface area contributed by atoms with E-state index < -0.39 is 0 Å². The second kappa shape index (κ2) is 5.14. The van der Waals surface area contributed by atoms with Crippen LogP contribution in [0.15, 0.2) is 30.3 Å². The Labute approximate surface area is 112 Å². The number of hydrogen-bond donors (Lipinski definition) is 2. The summed E-state index contributed by atoms with van der Waals surface area (Å²) in [5, 5.41) is 7.01. The van der Waals surface area contributed by atoms with Crippen LogP contribution >= 0.6 is 0 Å². The van der Waals surface area contributed by atoms with Crippen LogP contribution in [0.1, 0.15) is 24.1 Å². The van der Waals surface area contributed by atoms with E-state index in [4.69, 9.17) is 5.73 Å². The molecule has 0 aliphatic rings. The molecule has 1 heterocycles. The smallest absolute Gasteiger partial charge is 0.232 e. The first-order valence-electron chi connectivity index (χ1n) is 6.15. The maximum absolute atomic E-state index is 12.2. The van der Waals surface area contributed by atoms with Crippen molar-refractivity contribution in [1.82, 2.24) is 9.78 Å². The lowest BCUT2D eigenvalue weighted by atomic mass is 10.0. The number of amides is 1. The third kappa shape index (κ3) is 2.59. The molecule has 0 aliphatic carbocycles. The van der Waals surface area contributed by atoms with Crippen LogP contribution in [0, 0.1) is 6.92 Å². The van der Waals surface area contributed by atoms with Gasteiger partial charge in [0, 0.05) is 7.05 Å². The summed E-state index contributed by atoms with van der Waals surface area (Å²) in [6, 6.07) is 9.63. The van der Waals surface area contributed by atoms with E-state index in [-0.39, 0.29) is 11.8 Å². The number of nitrogens with zero attached hydrogens (tertiary/aromatic N) is 2. The van der Waals surface area contributed by atoms with Gasteiger partial charge >= 0.3 is 0 Å². The van der Waals surface area contributed by atoms with Crippen LogP contribution in [0.4, 0.5) is 11.5 Å². The van der Waals surface area contributed by atoms with Crippen LogP contribution < -0.4 is 11.1 Å². The number of nitrogens with two attached hydrogens (primary N) is 1. The first-order chi connectivity index (χ1) is 9.00. The maximum atomic E-state index is 12.2. The highest BCUT2D eigenvalue weighted by Crippen LogP contribution is 2.23. The highest BCUT2D eigenvalue weighted by Gasteiger charge is 2.18. The number of anilines is 2. The van der Waals surface area contributed by atoms with E-state index in [9.17, 15) is 4.79 Å². The molecule has 0 bridgehead atoms. The van der Waals surface area contributed by atoms with Crippen LogP contribution in [-0.2, 0) is 11.8 Å². The molecule has 1 aromatic heterocycles. The van der Waals surface area contributed by atoms with Crippen molar-refractivity contribution in [2.45, 2.75) is 19.8 Å². The molecule has 0 saturated carbocycles. The van der Waals surface area contributed by atoms with Crippen molar-refractivity contribution in [3.63, 3.8) is 0 Å². The Balaban J connectivity index is 2.18. The normalized spacial score (nSPS) is 12.2. The summed E-state index contributed by atoms with van der Waals surface area (Å²) < 4.78 is 1.58. The van der Waals surface area contributed by atoms with Gasteiger partial charge in [0.05, 0.1) is 17.3 Å². The van der Waals surface area contributed by atoms with Gasteiger partial charge in [0.25, 0.3) is 0 Å². The summed E-state index contributed by atoms with van der Waals surface area (Å²) in [5.74, 6) is 0.210. The number of carbonyl (C=O) groups is 1. The molecule has 0 spiro atoms. The standard InChI is InChI=1S/C14H18N4O/c1-9(11-7-5-4-6-8-11)14(19)16-13-12(15)10(2)17-18(13)3/h4-9H,15H2,1-3H3,(H,16,19). The largest absolute Gasteiger partial charge is 0.394 e. The quantitative estimate of drug-likeness (QED) is 0.885. The molecule has 3 N–H and O–H groups in total. The average molecular weight is 258 g/mol. The Morgan fingerprint density at radius 3 is 2.53 bits per heavy atom. The van der Waals surface area contributed by atoms with Crippen LogP contribution in [0.2, 0.25) is 0 Å². The monoisotopic (exact) mass is 258 g/mol. The van der Waals surface area contributed by atoms with E-state index in [0.717, 1.165) is 5.56 Å². The minimum atomic E-state index is -0.240. The van der Waals surface area contributed by atoms with Crippen LogP contribution in [0.3, 0.4) is 0 Å². The second-order valence-corrected chi connectivity index (χ2v) is 4.59. The van der Waals surface area contributed by atoms with Gasteiger partial charge in [-0.15, -0.1) is 0 Å². The molecule has 1 amide bonds. The Hall–Kier alpha value is -2.30.